The maximum atomic E-state index is 10.9. The minimum Gasteiger partial charge on any atom is -0.497 e. The number of carbonyl (C=O) groups is 1. The van der Waals surface area contributed by atoms with Crippen molar-refractivity contribution in [3.8, 4) is 11.5 Å². The molecule has 0 amide bonds. The molecule has 0 saturated carbocycles. The van der Waals surface area contributed by atoms with Crippen LogP contribution in [-0.2, 0) is 10.2 Å². The van der Waals surface area contributed by atoms with Gasteiger partial charge < -0.3 is 20.3 Å². The molecule has 0 saturated heterocycles. The quantitative estimate of drug-likeness (QED) is 0.821. The Morgan fingerprint density at radius 1 is 1.37 bits per heavy atom. The second-order valence-corrected chi connectivity index (χ2v) is 5.10. The maximum absolute atomic E-state index is 10.9. The van der Waals surface area contributed by atoms with E-state index in [1.54, 1.807) is 20.3 Å². The number of benzene rings is 1. The van der Waals surface area contributed by atoms with Crippen LogP contribution in [0.25, 0.3) is 0 Å². The molecule has 0 aliphatic rings. The molecule has 5 heteroatoms. The van der Waals surface area contributed by atoms with Crippen LogP contribution in [0, 0.1) is 0 Å². The topological polar surface area (TPSA) is 81.8 Å². The van der Waals surface area contributed by atoms with E-state index < -0.39 is 17.4 Å². The lowest BCUT2D eigenvalue weighted by molar-refractivity contribution is -0.139. The highest BCUT2D eigenvalue weighted by molar-refractivity contribution is 5.73. The Hall–Kier alpha value is -1.75. The van der Waals surface area contributed by atoms with Gasteiger partial charge in [-0.25, -0.2) is 0 Å². The number of carboxylic acid groups (broad SMARTS) is 1. The normalized spacial score (nSPS) is 12.9. The first-order valence-electron chi connectivity index (χ1n) is 6.02. The summed E-state index contributed by atoms with van der Waals surface area (Å²) in [6.45, 7) is 3.88. The van der Waals surface area contributed by atoms with Crippen LogP contribution < -0.4 is 15.2 Å². The Bertz CT molecular complexity index is 457. The fraction of sp³-hybridized carbons (Fsp3) is 0.500. The zero-order valence-electron chi connectivity index (χ0n) is 11.8. The van der Waals surface area contributed by atoms with Crippen LogP contribution in [-0.4, -0.2) is 31.3 Å². The number of hydrogen-bond acceptors (Lipinski definition) is 4. The Kier molecular flexibility index (Phi) is 4.78. The van der Waals surface area contributed by atoms with Gasteiger partial charge >= 0.3 is 5.97 Å². The van der Waals surface area contributed by atoms with E-state index in [0.717, 1.165) is 5.56 Å². The monoisotopic (exact) mass is 267 g/mol. The van der Waals surface area contributed by atoms with Gasteiger partial charge in [0.1, 0.15) is 17.5 Å². The zero-order valence-corrected chi connectivity index (χ0v) is 11.8. The molecule has 0 bridgehead atoms. The van der Waals surface area contributed by atoms with Crippen molar-refractivity contribution < 1.29 is 19.4 Å². The van der Waals surface area contributed by atoms with E-state index in [2.05, 4.69) is 0 Å². The predicted molar refractivity (Wildman–Crippen MR) is 72.8 cm³/mol. The number of ether oxygens (including phenoxy) is 2. The molecule has 106 valence electrons. The molecule has 0 fully saturated rings. The van der Waals surface area contributed by atoms with Crippen molar-refractivity contribution in [1.82, 2.24) is 0 Å². The van der Waals surface area contributed by atoms with E-state index in [-0.39, 0.29) is 0 Å². The van der Waals surface area contributed by atoms with E-state index >= 15 is 0 Å². The van der Waals surface area contributed by atoms with Crippen LogP contribution in [0.4, 0.5) is 0 Å². The highest BCUT2D eigenvalue weighted by atomic mass is 16.5. The number of aliphatic carboxylic acids is 1. The van der Waals surface area contributed by atoms with Gasteiger partial charge in [-0.3, -0.25) is 4.79 Å². The van der Waals surface area contributed by atoms with Gasteiger partial charge in [0.05, 0.1) is 14.2 Å². The van der Waals surface area contributed by atoms with Crippen LogP contribution in [0.5, 0.6) is 11.5 Å². The Morgan fingerprint density at radius 2 is 2.00 bits per heavy atom. The number of methoxy groups -OCH3 is 2. The van der Waals surface area contributed by atoms with Crippen LogP contribution in [0.15, 0.2) is 18.2 Å². The first-order chi connectivity index (χ1) is 8.81. The summed E-state index contributed by atoms with van der Waals surface area (Å²) in [5.74, 6) is 0.395. The van der Waals surface area contributed by atoms with Crippen molar-refractivity contribution in [3.05, 3.63) is 23.8 Å². The molecule has 0 aromatic heterocycles. The predicted octanol–water partition coefficient (Wildman–Crippen LogP) is 1.78. The summed E-state index contributed by atoms with van der Waals surface area (Å²) in [7, 11) is 3.17. The molecular formula is C14H21NO4. The van der Waals surface area contributed by atoms with Crippen molar-refractivity contribution in [3.63, 3.8) is 0 Å². The summed E-state index contributed by atoms with van der Waals surface area (Å²) in [4.78, 5) is 10.9. The number of rotatable bonds is 6. The molecule has 0 spiro atoms. The van der Waals surface area contributed by atoms with Gasteiger partial charge in [0.15, 0.2) is 0 Å². The number of nitrogens with two attached hydrogens (primary N) is 1. The highest BCUT2D eigenvalue weighted by Crippen LogP contribution is 2.37. The van der Waals surface area contributed by atoms with E-state index in [1.165, 1.54) is 0 Å². The van der Waals surface area contributed by atoms with Crippen LogP contribution in [0.3, 0.4) is 0 Å². The second kappa shape index (κ2) is 5.93. The minimum atomic E-state index is -1.00. The molecule has 1 aromatic rings. The molecule has 0 aliphatic heterocycles. The SMILES string of the molecule is COc1ccc(OC)c(C(C)(C)CC(N)C(=O)O)c1. The second-order valence-electron chi connectivity index (χ2n) is 5.10. The Labute approximate surface area is 113 Å². The van der Waals surface area contributed by atoms with Crippen molar-refractivity contribution >= 4 is 5.97 Å². The first kappa shape index (κ1) is 15.3. The zero-order chi connectivity index (χ0) is 14.6. The molecule has 0 heterocycles. The summed E-state index contributed by atoms with van der Waals surface area (Å²) in [6.07, 6.45) is 0.311. The molecule has 1 aromatic carbocycles. The summed E-state index contributed by atoms with van der Waals surface area (Å²) in [6, 6.07) is 4.55. The van der Waals surface area contributed by atoms with Gasteiger partial charge in [-0.1, -0.05) is 13.8 Å². The van der Waals surface area contributed by atoms with E-state index in [4.69, 9.17) is 20.3 Å². The highest BCUT2D eigenvalue weighted by Gasteiger charge is 2.30. The summed E-state index contributed by atoms with van der Waals surface area (Å²) in [5, 5.41) is 8.94. The minimum absolute atomic E-state index is 0.311. The van der Waals surface area contributed by atoms with Gasteiger partial charge in [-0.2, -0.15) is 0 Å². The molecule has 19 heavy (non-hydrogen) atoms. The third-order valence-corrected chi connectivity index (χ3v) is 3.18. The molecule has 5 nitrogen and oxygen atoms in total. The third-order valence-electron chi connectivity index (χ3n) is 3.18. The van der Waals surface area contributed by atoms with Crippen molar-refractivity contribution in [2.45, 2.75) is 31.7 Å². The van der Waals surface area contributed by atoms with Gasteiger partial charge in [0.2, 0.25) is 0 Å². The smallest absolute Gasteiger partial charge is 0.320 e. The molecule has 1 rings (SSSR count). The van der Waals surface area contributed by atoms with Gasteiger partial charge in [0, 0.05) is 5.56 Å². The molecule has 0 aliphatic carbocycles. The Morgan fingerprint density at radius 3 is 2.47 bits per heavy atom. The average Bonchev–Trinajstić information content (AvgIpc) is 2.37. The lowest BCUT2D eigenvalue weighted by Crippen LogP contribution is -2.37. The number of hydrogen-bond donors (Lipinski definition) is 2. The summed E-state index contributed by atoms with van der Waals surface area (Å²) < 4.78 is 10.5. The average molecular weight is 267 g/mol. The third kappa shape index (κ3) is 3.61. The molecule has 1 unspecified atom stereocenters. The standard InChI is InChI=1S/C14H21NO4/c1-14(2,8-11(15)13(16)17)10-7-9(18-3)5-6-12(10)19-4/h5-7,11H,8,15H2,1-4H3,(H,16,17). The van der Waals surface area contributed by atoms with Crippen molar-refractivity contribution in [2.24, 2.45) is 5.73 Å². The maximum Gasteiger partial charge on any atom is 0.320 e. The summed E-state index contributed by atoms with van der Waals surface area (Å²) >= 11 is 0. The fourth-order valence-electron chi connectivity index (χ4n) is 2.09. The van der Waals surface area contributed by atoms with E-state index in [0.29, 0.717) is 17.9 Å². The van der Waals surface area contributed by atoms with Crippen LogP contribution in [0.2, 0.25) is 0 Å². The fourth-order valence-corrected chi connectivity index (χ4v) is 2.09. The molecule has 1 atom stereocenters. The molecule has 0 radical (unpaired) electrons. The summed E-state index contributed by atoms with van der Waals surface area (Å²) in [5.41, 5.74) is 6.08. The lowest BCUT2D eigenvalue weighted by Gasteiger charge is -2.29. The van der Waals surface area contributed by atoms with E-state index in [1.807, 2.05) is 26.0 Å². The number of carboxylic acids is 1. The van der Waals surface area contributed by atoms with Gasteiger partial charge in [-0.15, -0.1) is 0 Å². The lowest BCUT2D eigenvalue weighted by atomic mass is 9.78. The van der Waals surface area contributed by atoms with Gasteiger partial charge in [-0.05, 0) is 30.0 Å². The van der Waals surface area contributed by atoms with Crippen LogP contribution >= 0.6 is 0 Å². The largest absolute Gasteiger partial charge is 0.497 e. The van der Waals surface area contributed by atoms with Crippen molar-refractivity contribution in [1.29, 1.82) is 0 Å². The van der Waals surface area contributed by atoms with E-state index in [9.17, 15) is 4.79 Å². The van der Waals surface area contributed by atoms with Crippen molar-refractivity contribution in [2.75, 3.05) is 14.2 Å². The molecule has 3 N–H and O–H groups in total. The molecular weight excluding hydrogens is 246 g/mol. The Balaban J connectivity index is 3.14. The van der Waals surface area contributed by atoms with Crippen LogP contribution in [0.1, 0.15) is 25.8 Å². The first-order valence-corrected chi connectivity index (χ1v) is 6.02. The van der Waals surface area contributed by atoms with Gasteiger partial charge in [0.25, 0.3) is 0 Å².